The monoisotopic (exact) mass is 244 g/mol. The van der Waals surface area contributed by atoms with Crippen LogP contribution in [-0.4, -0.2) is 11.2 Å². The zero-order valence-electron chi connectivity index (χ0n) is 10.8. The molecular formula is C16H20O2. The second kappa shape index (κ2) is 4.77. The minimum atomic E-state index is -0.371. The molecule has 0 spiro atoms. The van der Waals surface area contributed by atoms with E-state index in [0.717, 1.165) is 30.6 Å². The van der Waals surface area contributed by atoms with Gasteiger partial charge >= 0.3 is 0 Å². The number of aryl methyl sites for hydroxylation is 1. The summed E-state index contributed by atoms with van der Waals surface area (Å²) in [7, 11) is 0. The van der Waals surface area contributed by atoms with Crippen LogP contribution in [0.25, 0.3) is 0 Å². The maximum Gasteiger partial charge on any atom is 0.125 e. The Morgan fingerprint density at radius 1 is 1.28 bits per heavy atom. The molecule has 1 N–H and O–H groups in total. The number of benzene rings is 1. The molecule has 0 radical (unpaired) electrons. The van der Waals surface area contributed by atoms with E-state index < -0.39 is 0 Å². The molecule has 0 saturated heterocycles. The van der Waals surface area contributed by atoms with Crippen molar-refractivity contribution in [2.45, 2.75) is 44.8 Å². The van der Waals surface area contributed by atoms with E-state index in [2.05, 4.69) is 18.2 Å². The fourth-order valence-corrected chi connectivity index (χ4v) is 3.04. The summed E-state index contributed by atoms with van der Waals surface area (Å²) in [6.07, 6.45) is 8.41. The van der Waals surface area contributed by atoms with Gasteiger partial charge in [-0.1, -0.05) is 23.8 Å². The summed E-state index contributed by atoms with van der Waals surface area (Å²) in [5.41, 5.74) is 2.13. The lowest BCUT2D eigenvalue weighted by atomic mass is 9.84. The lowest BCUT2D eigenvalue weighted by Crippen LogP contribution is -2.33. The maximum atomic E-state index is 10.3. The summed E-state index contributed by atoms with van der Waals surface area (Å²) in [6, 6.07) is 6.09. The van der Waals surface area contributed by atoms with Gasteiger partial charge in [0.15, 0.2) is 0 Å². The van der Waals surface area contributed by atoms with Crippen LogP contribution in [0, 0.1) is 12.8 Å². The summed E-state index contributed by atoms with van der Waals surface area (Å²) < 4.78 is 6.10. The van der Waals surface area contributed by atoms with Gasteiger partial charge in [-0.05, 0) is 44.2 Å². The molecule has 3 rings (SSSR count). The molecule has 2 aliphatic rings. The Kier molecular flexibility index (Phi) is 3.13. The van der Waals surface area contributed by atoms with E-state index in [4.69, 9.17) is 4.74 Å². The third-order valence-corrected chi connectivity index (χ3v) is 4.09. The van der Waals surface area contributed by atoms with Gasteiger partial charge in [-0.3, -0.25) is 0 Å². The largest absolute Gasteiger partial charge is 0.490 e. The zero-order chi connectivity index (χ0) is 12.5. The minimum Gasteiger partial charge on any atom is -0.490 e. The molecule has 96 valence electrons. The minimum absolute atomic E-state index is 0.167. The molecule has 0 fully saturated rings. The summed E-state index contributed by atoms with van der Waals surface area (Å²) in [5.74, 6) is 1.43. The van der Waals surface area contributed by atoms with E-state index in [-0.39, 0.29) is 12.2 Å². The smallest absolute Gasteiger partial charge is 0.125 e. The Morgan fingerprint density at radius 3 is 2.94 bits per heavy atom. The van der Waals surface area contributed by atoms with E-state index in [1.165, 1.54) is 12.0 Å². The molecule has 2 nitrogen and oxygen atoms in total. The molecule has 18 heavy (non-hydrogen) atoms. The first-order valence-corrected chi connectivity index (χ1v) is 6.84. The average Bonchev–Trinajstić information content (AvgIpc) is 2.40. The number of hydrogen-bond donors (Lipinski definition) is 1. The number of aliphatic hydroxyl groups excluding tert-OH is 1. The first-order valence-electron chi connectivity index (χ1n) is 6.84. The number of allylic oxidation sites excluding steroid dienone is 2. The molecule has 1 aliphatic carbocycles. The van der Waals surface area contributed by atoms with Crippen molar-refractivity contribution in [2.24, 2.45) is 5.92 Å². The van der Waals surface area contributed by atoms with Crippen LogP contribution in [0.2, 0.25) is 0 Å². The van der Waals surface area contributed by atoms with Gasteiger partial charge in [0.2, 0.25) is 0 Å². The highest BCUT2D eigenvalue weighted by atomic mass is 16.5. The summed E-state index contributed by atoms with van der Waals surface area (Å²) in [4.78, 5) is 0. The lowest BCUT2D eigenvalue weighted by molar-refractivity contribution is 0.0314. The van der Waals surface area contributed by atoms with E-state index in [0.29, 0.717) is 5.92 Å². The van der Waals surface area contributed by atoms with Crippen molar-refractivity contribution in [1.29, 1.82) is 0 Å². The molecule has 2 unspecified atom stereocenters. The molecule has 3 atom stereocenters. The normalized spacial score (nSPS) is 30.7. The highest BCUT2D eigenvalue weighted by Crippen LogP contribution is 2.39. The van der Waals surface area contributed by atoms with Crippen molar-refractivity contribution in [3.05, 3.63) is 41.5 Å². The second-order valence-electron chi connectivity index (χ2n) is 5.49. The number of fused-ring (bicyclic) bond motifs is 1. The molecule has 1 aromatic rings. The summed E-state index contributed by atoms with van der Waals surface area (Å²) in [6.45, 7) is 2.05. The summed E-state index contributed by atoms with van der Waals surface area (Å²) in [5, 5.41) is 10.3. The van der Waals surface area contributed by atoms with Crippen LogP contribution in [-0.2, 0) is 0 Å². The Morgan fingerprint density at radius 2 is 2.17 bits per heavy atom. The van der Waals surface area contributed by atoms with Crippen LogP contribution < -0.4 is 4.74 Å². The zero-order valence-corrected chi connectivity index (χ0v) is 10.8. The fourth-order valence-electron chi connectivity index (χ4n) is 3.04. The molecule has 1 aromatic carbocycles. The van der Waals surface area contributed by atoms with Crippen molar-refractivity contribution < 1.29 is 9.84 Å². The SMILES string of the molecule is Cc1ccc2c(c1)[C@H](O)CC(C1CC=CCC1)O2. The van der Waals surface area contributed by atoms with Crippen LogP contribution in [0.15, 0.2) is 30.4 Å². The molecule has 1 heterocycles. The van der Waals surface area contributed by atoms with Crippen molar-refractivity contribution in [2.75, 3.05) is 0 Å². The predicted octanol–water partition coefficient (Wildman–Crippen LogP) is 3.54. The first-order chi connectivity index (χ1) is 8.74. The Bertz CT molecular complexity index is 464. The Balaban J connectivity index is 1.82. The Labute approximate surface area is 108 Å². The molecular weight excluding hydrogens is 224 g/mol. The van der Waals surface area contributed by atoms with Gasteiger partial charge in [-0.2, -0.15) is 0 Å². The van der Waals surface area contributed by atoms with E-state index in [9.17, 15) is 5.11 Å². The van der Waals surface area contributed by atoms with Gasteiger partial charge < -0.3 is 9.84 Å². The molecule has 0 bridgehead atoms. The molecule has 2 heteroatoms. The quantitative estimate of drug-likeness (QED) is 0.766. The van der Waals surface area contributed by atoms with Crippen LogP contribution in [0.4, 0.5) is 0 Å². The molecule has 0 aromatic heterocycles. The van der Waals surface area contributed by atoms with Crippen molar-refractivity contribution >= 4 is 0 Å². The second-order valence-corrected chi connectivity index (χ2v) is 5.49. The number of rotatable bonds is 1. The van der Waals surface area contributed by atoms with Crippen LogP contribution in [0.1, 0.15) is 42.9 Å². The van der Waals surface area contributed by atoms with Gasteiger partial charge in [0.25, 0.3) is 0 Å². The van der Waals surface area contributed by atoms with Crippen LogP contribution in [0.3, 0.4) is 0 Å². The summed E-state index contributed by atoms with van der Waals surface area (Å²) >= 11 is 0. The Hall–Kier alpha value is -1.28. The topological polar surface area (TPSA) is 29.5 Å². The van der Waals surface area contributed by atoms with Crippen LogP contribution in [0.5, 0.6) is 5.75 Å². The number of hydrogen-bond acceptors (Lipinski definition) is 2. The highest BCUT2D eigenvalue weighted by Gasteiger charge is 2.32. The van der Waals surface area contributed by atoms with Gasteiger partial charge in [-0.15, -0.1) is 0 Å². The van der Waals surface area contributed by atoms with Crippen LogP contribution >= 0.6 is 0 Å². The van der Waals surface area contributed by atoms with Gasteiger partial charge in [0.05, 0.1) is 6.10 Å². The first kappa shape index (κ1) is 11.8. The third kappa shape index (κ3) is 2.17. The third-order valence-electron chi connectivity index (χ3n) is 4.09. The standard InChI is InChI=1S/C16H20O2/c1-11-7-8-15-13(9-11)14(17)10-16(18-15)12-5-3-2-4-6-12/h2-3,7-9,12,14,16-17H,4-6,10H2,1H3/t12?,14-,16?/m1/s1. The van der Waals surface area contributed by atoms with Gasteiger partial charge in [0, 0.05) is 12.0 Å². The number of ether oxygens (including phenoxy) is 1. The molecule has 0 saturated carbocycles. The molecule has 0 amide bonds. The van der Waals surface area contributed by atoms with Crippen molar-refractivity contribution in [3.63, 3.8) is 0 Å². The van der Waals surface area contributed by atoms with Gasteiger partial charge in [-0.25, -0.2) is 0 Å². The lowest BCUT2D eigenvalue weighted by Gasteiger charge is -2.35. The van der Waals surface area contributed by atoms with Crippen molar-refractivity contribution in [3.8, 4) is 5.75 Å². The fraction of sp³-hybridized carbons (Fsp3) is 0.500. The van der Waals surface area contributed by atoms with E-state index in [1.807, 2.05) is 19.1 Å². The number of aliphatic hydroxyl groups is 1. The van der Waals surface area contributed by atoms with E-state index in [1.54, 1.807) is 0 Å². The predicted molar refractivity (Wildman–Crippen MR) is 71.7 cm³/mol. The average molecular weight is 244 g/mol. The van der Waals surface area contributed by atoms with E-state index >= 15 is 0 Å². The highest BCUT2D eigenvalue weighted by molar-refractivity contribution is 5.40. The van der Waals surface area contributed by atoms with Gasteiger partial charge in [0.1, 0.15) is 11.9 Å². The molecule has 1 aliphatic heterocycles. The maximum absolute atomic E-state index is 10.3. The van der Waals surface area contributed by atoms with Crippen molar-refractivity contribution in [1.82, 2.24) is 0 Å².